The number of para-hydroxylation sites is 1. The highest BCUT2D eigenvalue weighted by atomic mass is 16.2. The number of fused-ring (bicyclic) bond motifs is 1. The van der Waals surface area contributed by atoms with Crippen molar-refractivity contribution in [2.45, 2.75) is 33.2 Å². The van der Waals surface area contributed by atoms with Gasteiger partial charge in [0.25, 0.3) is 0 Å². The number of nitrogens with one attached hydrogen (secondary N) is 2. The van der Waals surface area contributed by atoms with E-state index in [0.717, 1.165) is 11.4 Å². The minimum atomic E-state index is -0.563. The van der Waals surface area contributed by atoms with Gasteiger partial charge in [-0.1, -0.05) is 38.1 Å². The zero-order valence-corrected chi connectivity index (χ0v) is 13.6. The lowest BCUT2D eigenvalue weighted by molar-refractivity contribution is -0.133. The lowest BCUT2D eigenvalue weighted by Crippen LogP contribution is -2.54. The van der Waals surface area contributed by atoms with Gasteiger partial charge in [0.1, 0.15) is 11.9 Å². The van der Waals surface area contributed by atoms with Crippen LogP contribution in [0.25, 0.3) is 0 Å². The smallest absolute Gasteiger partial charge is 0.247 e. The third-order valence-corrected chi connectivity index (χ3v) is 3.99. The van der Waals surface area contributed by atoms with Gasteiger partial charge in [-0.05, 0) is 25.1 Å². The second-order valence-corrected chi connectivity index (χ2v) is 6.62. The number of carbonyl (C=O) groups is 2. The van der Waals surface area contributed by atoms with Gasteiger partial charge < -0.3 is 10.6 Å². The number of anilines is 1. The molecule has 5 heteroatoms. The first-order valence-corrected chi connectivity index (χ1v) is 7.73. The number of benzene rings is 1. The SMILES string of the molecule is CC1=CC(C)(C)C=C2NC(C(=O)Nc3ccccc3)CC(=O)N12. The van der Waals surface area contributed by atoms with Crippen LogP contribution in [0.1, 0.15) is 27.2 Å². The fourth-order valence-corrected chi connectivity index (χ4v) is 3.09. The van der Waals surface area contributed by atoms with Crippen LogP contribution in [-0.4, -0.2) is 22.8 Å². The monoisotopic (exact) mass is 311 g/mol. The van der Waals surface area contributed by atoms with Crippen LogP contribution in [0.2, 0.25) is 0 Å². The zero-order valence-electron chi connectivity index (χ0n) is 13.6. The van der Waals surface area contributed by atoms with Gasteiger partial charge in [-0.25, -0.2) is 0 Å². The molecule has 3 rings (SSSR count). The Morgan fingerprint density at radius 3 is 2.65 bits per heavy atom. The molecular weight excluding hydrogens is 290 g/mol. The number of allylic oxidation sites excluding steroid dienone is 3. The molecule has 1 aromatic carbocycles. The van der Waals surface area contributed by atoms with Crippen molar-refractivity contribution >= 4 is 17.5 Å². The van der Waals surface area contributed by atoms with E-state index in [9.17, 15) is 9.59 Å². The minimum Gasteiger partial charge on any atom is -0.359 e. The Bertz CT molecular complexity index is 704. The van der Waals surface area contributed by atoms with E-state index in [4.69, 9.17) is 0 Å². The Hall–Kier alpha value is -2.56. The molecule has 120 valence electrons. The van der Waals surface area contributed by atoms with Gasteiger partial charge in [-0.15, -0.1) is 0 Å². The second kappa shape index (κ2) is 5.57. The molecule has 2 heterocycles. The molecule has 2 N–H and O–H groups in total. The summed E-state index contributed by atoms with van der Waals surface area (Å²) >= 11 is 0. The van der Waals surface area contributed by atoms with Crippen molar-refractivity contribution in [2.75, 3.05) is 5.32 Å². The Kier molecular flexibility index (Phi) is 3.72. The van der Waals surface area contributed by atoms with Crippen LogP contribution in [0.15, 0.2) is 54.0 Å². The van der Waals surface area contributed by atoms with Crippen molar-refractivity contribution in [3.8, 4) is 0 Å². The molecule has 2 aliphatic heterocycles. The summed E-state index contributed by atoms with van der Waals surface area (Å²) in [6, 6.07) is 8.69. The highest BCUT2D eigenvalue weighted by Crippen LogP contribution is 2.33. The first-order chi connectivity index (χ1) is 10.9. The molecule has 0 saturated carbocycles. The maximum atomic E-state index is 12.4. The number of amides is 2. The molecule has 1 saturated heterocycles. The van der Waals surface area contributed by atoms with E-state index >= 15 is 0 Å². The van der Waals surface area contributed by atoms with Crippen molar-refractivity contribution < 1.29 is 9.59 Å². The van der Waals surface area contributed by atoms with Crippen LogP contribution in [0.4, 0.5) is 5.69 Å². The molecule has 1 unspecified atom stereocenters. The fourth-order valence-electron chi connectivity index (χ4n) is 3.09. The zero-order chi connectivity index (χ0) is 16.6. The number of hydrogen-bond acceptors (Lipinski definition) is 3. The molecule has 5 nitrogen and oxygen atoms in total. The summed E-state index contributed by atoms with van der Waals surface area (Å²) in [7, 11) is 0. The van der Waals surface area contributed by atoms with Gasteiger partial charge in [-0.2, -0.15) is 0 Å². The van der Waals surface area contributed by atoms with Crippen LogP contribution in [0.5, 0.6) is 0 Å². The highest BCUT2D eigenvalue weighted by Gasteiger charge is 2.37. The molecule has 0 bridgehead atoms. The number of carbonyl (C=O) groups excluding carboxylic acids is 2. The van der Waals surface area contributed by atoms with Crippen LogP contribution in [-0.2, 0) is 9.59 Å². The van der Waals surface area contributed by atoms with Crippen molar-refractivity contribution in [3.63, 3.8) is 0 Å². The quantitative estimate of drug-likeness (QED) is 0.882. The molecule has 1 aromatic rings. The maximum absolute atomic E-state index is 12.4. The van der Waals surface area contributed by atoms with Gasteiger partial charge in [-0.3, -0.25) is 14.5 Å². The molecular formula is C18H21N3O2. The van der Waals surface area contributed by atoms with E-state index in [0.29, 0.717) is 5.82 Å². The maximum Gasteiger partial charge on any atom is 0.247 e. The summed E-state index contributed by atoms with van der Waals surface area (Å²) in [5.74, 6) is 0.432. The predicted octanol–water partition coefficient (Wildman–Crippen LogP) is 2.60. The van der Waals surface area contributed by atoms with E-state index in [2.05, 4.69) is 30.6 Å². The van der Waals surface area contributed by atoms with E-state index in [1.54, 1.807) is 4.90 Å². The standard InChI is InChI=1S/C18H21N3O2/c1-12-10-18(2,3)11-15-20-14(9-16(22)21(12)15)17(23)19-13-7-5-4-6-8-13/h4-8,10-11,14,20H,9H2,1-3H3,(H,19,23). The summed E-state index contributed by atoms with van der Waals surface area (Å²) in [5.41, 5.74) is 1.47. The summed E-state index contributed by atoms with van der Waals surface area (Å²) in [6.07, 6.45) is 4.18. The minimum absolute atomic E-state index is 0.0625. The fraction of sp³-hybridized carbons (Fsp3) is 0.333. The van der Waals surface area contributed by atoms with Crippen LogP contribution in [0, 0.1) is 5.41 Å². The van der Waals surface area contributed by atoms with E-state index < -0.39 is 6.04 Å². The van der Waals surface area contributed by atoms with Gasteiger partial charge >= 0.3 is 0 Å². The summed E-state index contributed by atoms with van der Waals surface area (Å²) in [5, 5.41) is 6.05. The highest BCUT2D eigenvalue weighted by molar-refractivity contribution is 5.99. The molecule has 1 atom stereocenters. The topological polar surface area (TPSA) is 61.4 Å². The van der Waals surface area contributed by atoms with Crippen molar-refractivity contribution in [2.24, 2.45) is 5.41 Å². The van der Waals surface area contributed by atoms with Crippen LogP contribution >= 0.6 is 0 Å². The number of hydrogen-bond donors (Lipinski definition) is 2. The largest absolute Gasteiger partial charge is 0.359 e. The average molecular weight is 311 g/mol. The third kappa shape index (κ3) is 3.13. The van der Waals surface area contributed by atoms with Crippen molar-refractivity contribution in [3.05, 3.63) is 54.0 Å². The van der Waals surface area contributed by atoms with Crippen LogP contribution in [0.3, 0.4) is 0 Å². The van der Waals surface area contributed by atoms with E-state index in [-0.39, 0.29) is 23.7 Å². The number of rotatable bonds is 2. The Morgan fingerprint density at radius 1 is 1.26 bits per heavy atom. The van der Waals surface area contributed by atoms with Gasteiger partial charge in [0, 0.05) is 16.8 Å². The van der Waals surface area contributed by atoms with E-state index in [1.165, 1.54) is 0 Å². The first kappa shape index (κ1) is 15.3. The summed E-state index contributed by atoms with van der Waals surface area (Å²) in [6.45, 7) is 6.06. The van der Waals surface area contributed by atoms with Crippen molar-refractivity contribution in [1.82, 2.24) is 10.2 Å². The molecule has 1 fully saturated rings. The van der Waals surface area contributed by atoms with Crippen LogP contribution < -0.4 is 10.6 Å². The normalized spacial score (nSPS) is 22.5. The molecule has 0 radical (unpaired) electrons. The molecule has 0 aromatic heterocycles. The molecule has 0 aliphatic carbocycles. The Balaban J connectivity index is 1.78. The molecule has 2 amide bonds. The van der Waals surface area contributed by atoms with Crippen molar-refractivity contribution in [1.29, 1.82) is 0 Å². The van der Waals surface area contributed by atoms with Gasteiger partial charge in [0.2, 0.25) is 11.8 Å². The van der Waals surface area contributed by atoms with E-state index in [1.807, 2.05) is 43.3 Å². The molecule has 2 aliphatic rings. The third-order valence-electron chi connectivity index (χ3n) is 3.99. The molecule has 23 heavy (non-hydrogen) atoms. The average Bonchev–Trinajstić information content (AvgIpc) is 2.45. The Morgan fingerprint density at radius 2 is 1.96 bits per heavy atom. The summed E-state index contributed by atoms with van der Waals surface area (Å²) < 4.78 is 0. The Labute approximate surface area is 136 Å². The lowest BCUT2D eigenvalue weighted by atomic mass is 9.88. The molecule has 0 spiro atoms. The second-order valence-electron chi connectivity index (χ2n) is 6.62. The van der Waals surface area contributed by atoms with Gasteiger partial charge in [0.05, 0.1) is 6.42 Å². The number of nitrogens with zero attached hydrogens (tertiary/aromatic N) is 1. The predicted molar refractivity (Wildman–Crippen MR) is 89.1 cm³/mol. The lowest BCUT2D eigenvalue weighted by Gasteiger charge is -2.40. The first-order valence-electron chi connectivity index (χ1n) is 7.73. The summed E-state index contributed by atoms with van der Waals surface area (Å²) in [4.78, 5) is 26.5. The van der Waals surface area contributed by atoms with Gasteiger partial charge in [0.15, 0.2) is 0 Å².